The van der Waals surface area contributed by atoms with Crippen LogP contribution in [0.3, 0.4) is 0 Å². The quantitative estimate of drug-likeness (QED) is 0.932. The van der Waals surface area contributed by atoms with Crippen LogP contribution >= 0.6 is 11.6 Å². The van der Waals surface area contributed by atoms with Gasteiger partial charge in [0.2, 0.25) is 11.8 Å². The fourth-order valence-corrected chi connectivity index (χ4v) is 1.53. The second-order valence-electron chi connectivity index (χ2n) is 3.55. The summed E-state index contributed by atoms with van der Waals surface area (Å²) in [6, 6.07) is 3.53. The number of ether oxygens (including phenoxy) is 1. The van der Waals surface area contributed by atoms with Crippen LogP contribution in [-0.2, 0) is 0 Å². The van der Waals surface area contributed by atoms with E-state index in [4.69, 9.17) is 16.3 Å². The molecule has 0 atom stereocenters. The van der Waals surface area contributed by atoms with Crippen molar-refractivity contribution >= 4 is 17.5 Å². The van der Waals surface area contributed by atoms with Crippen molar-refractivity contribution in [2.24, 2.45) is 0 Å². The zero-order chi connectivity index (χ0) is 13.8. The fraction of sp³-hybridized carbons (Fsp3) is 0.167. The molecule has 1 aromatic heterocycles. The zero-order valence-corrected chi connectivity index (χ0v) is 10.7. The van der Waals surface area contributed by atoms with E-state index in [-0.39, 0.29) is 22.6 Å². The zero-order valence-electron chi connectivity index (χ0n) is 9.95. The molecule has 0 aliphatic carbocycles. The summed E-state index contributed by atoms with van der Waals surface area (Å²) in [4.78, 5) is 7.59. The maximum atomic E-state index is 13.5. The van der Waals surface area contributed by atoms with Gasteiger partial charge in [0.25, 0.3) is 5.88 Å². The molecule has 0 spiro atoms. The maximum Gasteiger partial charge on any atom is 0.260 e. The average Bonchev–Trinajstić information content (AvgIpc) is 2.37. The predicted octanol–water partition coefficient (Wildman–Crippen LogP) is 3.63. The van der Waals surface area contributed by atoms with E-state index < -0.39 is 11.6 Å². The lowest BCUT2D eigenvalue weighted by Crippen LogP contribution is -2.04. The van der Waals surface area contributed by atoms with E-state index in [1.54, 1.807) is 0 Å². The van der Waals surface area contributed by atoms with Crippen LogP contribution in [0.25, 0.3) is 0 Å². The number of aromatic nitrogens is 2. The predicted molar refractivity (Wildman–Crippen MR) is 67.6 cm³/mol. The van der Waals surface area contributed by atoms with Gasteiger partial charge in [0.15, 0.2) is 0 Å². The van der Waals surface area contributed by atoms with Crippen LogP contribution in [0, 0.1) is 11.6 Å². The van der Waals surface area contributed by atoms with Gasteiger partial charge >= 0.3 is 0 Å². The first kappa shape index (κ1) is 13.5. The van der Waals surface area contributed by atoms with Gasteiger partial charge in [-0.25, -0.2) is 9.37 Å². The first-order valence-electron chi connectivity index (χ1n) is 5.49. The Balaban J connectivity index is 2.29. The second-order valence-corrected chi connectivity index (χ2v) is 3.96. The summed E-state index contributed by atoms with van der Waals surface area (Å²) in [5.74, 6) is -1.17. The Morgan fingerprint density at radius 3 is 2.84 bits per heavy atom. The summed E-state index contributed by atoms with van der Waals surface area (Å²) < 4.78 is 31.6. The van der Waals surface area contributed by atoms with Crippen molar-refractivity contribution in [3.8, 4) is 11.6 Å². The molecule has 1 N–H and O–H groups in total. The number of hydrogen-bond acceptors (Lipinski definition) is 4. The lowest BCUT2D eigenvalue weighted by atomic mass is 10.3. The van der Waals surface area contributed by atoms with E-state index in [9.17, 15) is 8.78 Å². The molecule has 0 aliphatic rings. The molecule has 0 bridgehead atoms. The Morgan fingerprint density at radius 1 is 1.37 bits per heavy atom. The Labute approximate surface area is 113 Å². The third-order valence-electron chi connectivity index (χ3n) is 2.15. The molecule has 0 amide bonds. The van der Waals surface area contributed by atoms with E-state index in [2.05, 4.69) is 15.3 Å². The van der Waals surface area contributed by atoms with Crippen LogP contribution < -0.4 is 10.1 Å². The normalized spacial score (nSPS) is 10.3. The summed E-state index contributed by atoms with van der Waals surface area (Å²) in [6.45, 7) is 2.44. The minimum atomic E-state index is -0.734. The minimum absolute atomic E-state index is 0.0306. The van der Waals surface area contributed by atoms with Gasteiger partial charge < -0.3 is 10.1 Å². The van der Waals surface area contributed by atoms with E-state index in [1.165, 1.54) is 6.07 Å². The standard InChI is InChI=1S/C12H10ClF2N3O/c1-2-16-12-17-6-9(15)11(18-12)19-10-4-3-7(14)5-8(10)13/h3-6H,2H2,1H3,(H,16,17,18). The van der Waals surface area contributed by atoms with E-state index in [0.29, 0.717) is 6.54 Å². The molecule has 7 heteroatoms. The van der Waals surface area contributed by atoms with Gasteiger partial charge in [-0.2, -0.15) is 9.37 Å². The van der Waals surface area contributed by atoms with Gasteiger partial charge in [-0.1, -0.05) is 11.6 Å². The lowest BCUT2D eigenvalue weighted by molar-refractivity contribution is 0.420. The highest BCUT2D eigenvalue weighted by Gasteiger charge is 2.11. The van der Waals surface area contributed by atoms with E-state index >= 15 is 0 Å². The number of halogens is 3. The molecule has 2 aromatic rings. The van der Waals surface area contributed by atoms with Crippen molar-refractivity contribution in [3.05, 3.63) is 41.1 Å². The second kappa shape index (κ2) is 5.79. The molecule has 0 aliphatic heterocycles. The SMILES string of the molecule is CCNc1ncc(F)c(Oc2ccc(F)cc2Cl)n1. The highest BCUT2D eigenvalue weighted by molar-refractivity contribution is 6.32. The molecule has 0 saturated carbocycles. The molecule has 2 rings (SSSR count). The van der Waals surface area contributed by atoms with Gasteiger partial charge in [-0.15, -0.1) is 0 Å². The van der Waals surface area contributed by atoms with Gasteiger partial charge in [-0.05, 0) is 25.1 Å². The van der Waals surface area contributed by atoms with Crippen LogP contribution in [0.5, 0.6) is 11.6 Å². The third kappa shape index (κ3) is 3.29. The van der Waals surface area contributed by atoms with Crippen molar-refractivity contribution in [2.45, 2.75) is 6.92 Å². The number of nitrogens with one attached hydrogen (secondary N) is 1. The maximum absolute atomic E-state index is 13.5. The third-order valence-corrected chi connectivity index (χ3v) is 2.44. The Morgan fingerprint density at radius 2 is 2.16 bits per heavy atom. The van der Waals surface area contributed by atoms with Crippen molar-refractivity contribution in [2.75, 3.05) is 11.9 Å². The molecule has 19 heavy (non-hydrogen) atoms. The molecule has 0 saturated heterocycles. The molecule has 0 unspecified atom stereocenters. The molecular weight excluding hydrogens is 276 g/mol. The number of nitrogens with zero attached hydrogens (tertiary/aromatic N) is 2. The number of rotatable bonds is 4. The van der Waals surface area contributed by atoms with Crippen molar-refractivity contribution in [1.82, 2.24) is 9.97 Å². The number of hydrogen-bond donors (Lipinski definition) is 1. The van der Waals surface area contributed by atoms with Gasteiger partial charge in [0, 0.05) is 6.54 Å². The summed E-state index contributed by atoms with van der Waals surface area (Å²) in [5.41, 5.74) is 0. The van der Waals surface area contributed by atoms with E-state index in [0.717, 1.165) is 18.3 Å². The van der Waals surface area contributed by atoms with Crippen molar-refractivity contribution in [1.29, 1.82) is 0 Å². The van der Waals surface area contributed by atoms with E-state index in [1.807, 2.05) is 6.92 Å². The van der Waals surface area contributed by atoms with Crippen LogP contribution in [0.4, 0.5) is 14.7 Å². The van der Waals surface area contributed by atoms with Crippen LogP contribution in [-0.4, -0.2) is 16.5 Å². The first-order chi connectivity index (χ1) is 9.10. The topological polar surface area (TPSA) is 47.0 Å². The summed E-state index contributed by atoms with van der Waals surface area (Å²) in [7, 11) is 0. The van der Waals surface area contributed by atoms with Crippen molar-refractivity contribution < 1.29 is 13.5 Å². The Hall–Kier alpha value is -1.95. The number of benzene rings is 1. The summed E-state index contributed by atoms with van der Waals surface area (Å²) >= 11 is 5.79. The minimum Gasteiger partial charge on any atom is -0.435 e. The molecule has 0 fully saturated rings. The molecule has 1 aromatic carbocycles. The fourth-order valence-electron chi connectivity index (χ4n) is 1.33. The largest absolute Gasteiger partial charge is 0.435 e. The van der Waals surface area contributed by atoms with Crippen LogP contribution in [0.1, 0.15) is 6.92 Å². The average molecular weight is 286 g/mol. The highest BCUT2D eigenvalue weighted by atomic mass is 35.5. The Kier molecular flexibility index (Phi) is 4.11. The van der Waals surface area contributed by atoms with Gasteiger partial charge in [-0.3, -0.25) is 0 Å². The first-order valence-corrected chi connectivity index (χ1v) is 5.87. The van der Waals surface area contributed by atoms with Gasteiger partial charge in [0.05, 0.1) is 11.2 Å². The van der Waals surface area contributed by atoms with Crippen LogP contribution in [0.15, 0.2) is 24.4 Å². The molecule has 1 heterocycles. The van der Waals surface area contributed by atoms with Crippen molar-refractivity contribution in [3.63, 3.8) is 0 Å². The monoisotopic (exact) mass is 285 g/mol. The molecule has 0 radical (unpaired) electrons. The lowest BCUT2D eigenvalue weighted by Gasteiger charge is -2.08. The molecule has 4 nitrogen and oxygen atoms in total. The summed E-state index contributed by atoms with van der Waals surface area (Å²) in [5, 5.41) is 2.85. The van der Waals surface area contributed by atoms with Gasteiger partial charge in [0.1, 0.15) is 11.6 Å². The van der Waals surface area contributed by atoms with Crippen LogP contribution in [0.2, 0.25) is 5.02 Å². The molecular formula is C12H10ClF2N3O. The number of anilines is 1. The Bertz CT molecular complexity index is 595. The smallest absolute Gasteiger partial charge is 0.260 e. The molecule has 100 valence electrons. The summed E-state index contributed by atoms with van der Waals surface area (Å²) in [6.07, 6.45) is 0.984. The highest BCUT2D eigenvalue weighted by Crippen LogP contribution is 2.30.